The summed E-state index contributed by atoms with van der Waals surface area (Å²) in [6.45, 7) is 5.41. The Morgan fingerprint density at radius 1 is 0.593 bits per heavy atom. The summed E-state index contributed by atoms with van der Waals surface area (Å²) in [7, 11) is 0. The van der Waals surface area contributed by atoms with Crippen LogP contribution in [0.3, 0.4) is 0 Å². The van der Waals surface area contributed by atoms with E-state index in [0.717, 1.165) is 46.0 Å². The first-order valence-electron chi connectivity index (χ1n) is 18.7. The Kier molecular flexibility index (Phi) is 5.84. The lowest BCUT2D eigenvalue weighted by Gasteiger charge is -2.21. The molecule has 0 amide bonds. The zero-order valence-corrected chi connectivity index (χ0v) is 29.9. The average molecular weight is 695 g/mol. The molecule has 4 aromatic heterocycles. The second kappa shape index (κ2) is 10.6. The first kappa shape index (κ1) is 29.7. The Labute approximate surface area is 311 Å². The van der Waals surface area contributed by atoms with Crippen molar-refractivity contribution in [2.75, 3.05) is 11.9 Å². The van der Waals surface area contributed by atoms with Gasteiger partial charge in [-0.05, 0) is 101 Å². The van der Waals surface area contributed by atoms with Crippen molar-refractivity contribution in [2.45, 2.75) is 19.3 Å². The van der Waals surface area contributed by atoms with Crippen molar-refractivity contribution in [3.05, 3.63) is 163 Å². The molecule has 2 aliphatic rings. The molecule has 0 bridgehead atoms. The molecular formula is C49H34N4O. The standard InChI is InChI=1S/C49H34N4O/c1-49(2)39-19-17-31(27-37(39)47-40(49)11-7-23-50-47)52-41-12-5-3-9-33(41)35-25-29(15-20-43(35)52)30-16-21-44-36(26-30)34-10-4-6-13-42(34)53(44)32-18-22-45-38(28-32)48-46(54-45)14-8-24-51-48/h3-23,25-28,51H,24H2,1-2H3. The smallest absolute Gasteiger partial charge is 0.151 e. The predicted octanol–water partition coefficient (Wildman–Crippen LogP) is 12.4. The van der Waals surface area contributed by atoms with Crippen LogP contribution in [-0.2, 0) is 5.41 Å². The van der Waals surface area contributed by atoms with Gasteiger partial charge in [-0.1, -0.05) is 80.6 Å². The Bertz CT molecular complexity index is 3260. The van der Waals surface area contributed by atoms with E-state index in [1.54, 1.807) is 0 Å². The summed E-state index contributed by atoms with van der Waals surface area (Å²) in [5.74, 6) is 0.889. The Balaban J connectivity index is 1.01. The quantitative estimate of drug-likeness (QED) is 0.200. The van der Waals surface area contributed by atoms with E-state index in [2.05, 4.69) is 174 Å². The lowest BCUT2D eigenvalue weighted by atomic mass is 9.83. The minimum absolute atomic E-state index is 0.0806. The fourth-order valence-corrected chi connectivity index (χ4v) is 9.41. The van der Waals surface area contributed by atoms with Gasteiger partial charge in [0.05, 0.1) is 33.4 Å². The zero-order valence-electron chi connectivity index (χ0n) is 29.9. The maximum absolute atomic E-state index is 6.16. The van der Waals surface area contributed by atoms with E-state index in [-0.39, 0.29) is 5.41 Å². The molecule has 0 radical (unpaired) electrons. The molecule has 54 heavy (non-hydrogen) atoms. The molecule has 0 spiro atoms. The Morgan fingerprint density at radius 2 is 1.24 bits per heavy atom. The second-order valence-electron chi connectivity index (χ2n) is 15.2. The molecule has 0 saturated heterocycles. The van der Waals surface area contributed by atoms with Crippen LogP contribution in [0, 0.1) is 0 Å². The van der Waals surface area contributed by atoms with Crippen LogP contribution in [0.1, 0.15) is 30.7 Å². The number of aromatic nitrogens is 3. The fourth-order valence-electron chi connectivity index (χ4n) is 9.41. The van der Waals surface area contributed by atoms with E-state index in [1.807, 2.05) is 6.20 Å². The largest absolute Gasteiger partial charge is 0.454 e. The van der Waals surface area contributed by atoms with Crippen molar-refractivity contribution in [3.8, 4) is 33.8 Å². The Hall–Kier alpha value is -6.85. The van der Waals surface area contributed by atoms with Gasteiger partial charge in [-0.2, -0.15) is 0 Å². The lowest BCUT2D eigenvalue weighted by molar-refractivity contribution is 0.604. The summed E-state index contributed by atoms with van der Waals surface area (Å²) in [4.78, 5) is 4.85. The summed E-state index contributed by atoms with van der Waals surface area (Å²) in [6, 6.07) is 49.1. The summed E-state index contributed by atoms with van der Waals surface area (Å²) in [5.41, 5.74) is 16.2. The molecule has 0 unspecified atom stereocenters. The van der Waals surface area contributed by atoms with Crippen LogP contribution in [-0.4, -0.2) is 20.7 Å². The highest BCUT2D eigenvalue weighted by Gasteiger charge is 2.36. The third-order valence-electron chi connectivity index (χ3n) is 12.0. The average Bonchev–Trinajstić information content (AvgIpc) is 3.92. The monoisotopic (exact) mass is 694 g/mol. The third kappa shape index (κ3) is 3.96. The van der Waals surface area contributed by atoms with Crippen LogP contribution in [0.5, 0.6) is 0 Å². The highest BCUT2D eigenvalue weighted by Crippen LogP contribution is 2.49. The molecule has 1 aliphatic heterocycles. The normalized spacial score (nSPS) is 14.3. The second-order valence-corrected chi connectivity index (χ2v) is 15.2. The van der Waals surface area contributed by atoms with Gasteiger partial charge in [-0.25, -0.2) is 0 Å². The topological polar surface area (TPSA) is 47.9 Å². The third-order valence-corrected chi connectivity index (χ3v) is 12.0. The molecule has 1 N–H and O–H groups in total. The molecule has 0 fully saturated rings. The SMILES string of the molecule is CC1(C)c2ccc(-n3c4ccccc4c4cc(-c5ccc6c(c5)c5ccccc5n6-c5ccc6oc7c(c6c5)NCC=C7)ccc43)cc2-c2ncccc21. The number of furan rings is 1. The van der Waals surface area contributed by atoms with Crippen LogP contribution in [0.4, 0.5) is 5.69 Å². The number of anilines is 1. The maximum atomic E-state index is 6.16. The summed E-state index contributed by atoms with van der Waals surface area (Å²) < 4.78 is 11.0. The summed E-state index contributed by atoms with van der Waals surface area (Å²) in [6.07, 6.45) is 6.07. The molecular weight excluding hydrogens is 661 g/mol. The van der Waals surface area contributed by atoms with E-state index in [1.165, 1.54) is 71.4 Å². The van der Waals surface area contributed by atoms with E-state index < -0.39 is 0 Å². The molecule has 256 valence electrons. The van der Waals surface area contributed by atoms with Crippen LogP contribution in [0.2, 0.25) is 0 Å². The number of nitrogens with one attached hydrogen (secondary N) is 1. The molecule has 5 heteroatoms. The number of pyridine rings is 1. The molecule has 6 aromatic carbocycles. The molecule has 5 heterocycles. The Morgan fingerprint density at radius 3 is 1.96 bits per heavy atom. The van der Waals surface area contributed by atoms with Gasteiger partial charge in [0, 0.05) is 62.0 Å². The van der Waals surface area contributed by atoms with Crippen molar-refractivity contribution in [3.63, 3.8) is 0 Å². The number of hydrogen-bond donors (Lipinski definition) is 1. The van der Waals surface area contributed by atoms with Crippen molar-refractivity contribution in [1.82, 2.24) is 14.1 Å². The minimum atomic E-state index is -0.0806. The van der Waals surface area contributed by atoms with Gasteiger partial charge in [0.15, 0.2) is 5.76 Å². The van der Waals surface area contributed by atoms with Crippen molar-refractivity contribution in [2.24, 2.45) is 0 Å². The summed E-state index contributed by atoms with van der Waals surface area (Å²) >= 11 is 0. The van der Waals surface area contributed by atoms with Gasteiger partial charge in [0.2, 0.25) is 0 Å². The zero-order chi connectivity index (χ0) is 35.7. The number of nitrogens with zero attached hydrogens (tertiary/aromatic N) is 3. The van der Waals surface area contributed by atoms with E-state index in [9.17, 15) is 0 Å². The van der Waals surface area contributed by atoms with Crippen LogP contribution < -0.4 is 5.32 Å². The number of fused-ring (bicyclic) bond motifs is 12. The predicted molar refractivity (Wildman–Crippen MR) is 223 cm³/mol. The number of rotatable bonds is 3. The van der Waals surface area contributed by atoms with Gasteiger partial charge in [-0.3, -0.25) is 4.98 Å². The van der Waals surface area contributed by atoms with Gasteiger partial charge in [-0.15, -0.1) is 0 Å². The van der Waals surface area contributed by atoms with Crippen molar-refractivity contribution < 1.29 is 4.42 Å². The molecule has 10 aromatic rings. The number of benzene rings is 6. The lowest BCUT2D eigenvalue weighted by Crippen LogP contribution is -2.15. The first-order chi connectivity index (χ1) is 26.5. The van der Waals surface area contributed by atoms with Gasteiger partial charge < -0.3 is 18.9 Å². The number of hydrogen-bond acceptors (Lipinski definition) is 3. The minimum Gasteiger partial charge on any atom is -0.454 e. The first-order valence-corrected chi connectivity index (χ1v) is 18.7. The molecule has 12 rings (SSSR count). The maximum Gasteiger partial charge on any atom is 0.151 e. The van der Waals surface area contributed by atoms with Crippen molar-refractivity contribution >= 4 is 66.3 Å². The van der Waals surface area contributed by atoms with E-state index >= 15 is 0 Å². The van der Waals surface area contributed by atoms with Crippen LogP contribution in [0.15, 0.2) is 150 Å². The molecule has 0 atom stereocenters. The van der Waals surface area contributed by atoms with Gasteiger partial charge >= 0.3 is 0 Å². The fraction of sp³-hybridized carbons (Fsp3) is 0.0816. The van der Waals surface area contributed by atoms with Gasteiger partial charge in [0.25, 0.3) is 0 Å². The highest BCUT2D eigenvalue weighted by atomic mass is 16.3. The molecule has 1 aliphatic carbocycles. The summed E-state index contributed by atoms with van der Waals surface area (Å²) in [5, 5.41) is 9.57. The molecule has 0 saturated carbocycles. The molecule has 5 nitrogen and oxygen atoms in total. The van der Waals surface area contributed by atoms with Crippen LogP contribution >= 0.6 is 0 Å². The number of para-hydroxylation sites is 2. The van der Waals surface area contributed by atoms with Crippen molar-refractivity contribution in [1.29, 1.82) is 0 Å². The highest BCUT2D eigenvalue weighted by molar-refractivity contribution is 6.13. The van der Waals surface area contributed by atoms with Crippen LogP contribution in [0.25, 0.3) is 94.4 Å². The van der Waals surface area contributed by atoms with E-state index in [4.69, 9.17) is 9.40 Å². The van der Waals surface area contributed by atoms with E-state index in [0.29, 0.717) is 0 Å². The van der Waals surface area contributed by atoms with Gasteiger partial charge in [0.1, 0.15) is 5.58 Å².